The van der Waals surface area contributed by atoms with E-state index < -0.39 is 0 Å². The molecule has 0 aliphatic carbocycles. The lowest BCUT2D eigenvalue weighted by molar-refractivity contribution is -0.118. The Labute approximate surface area is 250 Å². The van der Waals surface area contributed by atoms with Gasteiger partial charge < -0.3 is 5.32 Å². The number of hydrogen-bond acceptors (Lipinski definition) is 5. The fourth-order valence-electron chi connectivity index (χ4n) is 4.51. The SMILES string of the molecule is Cc1ccc(N(C(=O)CCCCCNC(=O)C(=Cc2ccc(CS)cc2)c2ccc(F)cc2)c2nccs2)c(C)c1. The van der Waals surface area contributed by atoms with Gasteiger partial charge in [-0.1, -0.05) is 60.5 Å². The fraction of sp³-hybridized carbons (Fsp3) is 0.242. The van der Waals surface area contributed by atoms with Gasteiger partial charge in [-0.3, -0.25) is 14.5 Å². The first-order chi connectivity index (χ1) is 19.9. The number of amides is 2. The van der Waals surface area contributed by atoms with Crippen molar-refractivity contribution in [2.24, 2.45) is 0 Å². The number of unbranched alkanes of at least 4 members (excludes halogenated alkanes) is 2. The van der Waals surface area contributed by atoms with Crippen molar-refractivity contribution in [1.82, 2.24) is 10.3 Å². The highest BCUT2D eigenvalue weighted by molar-refractivity contribution is 7.79. The number of benzene rings is 3. The van der Waals surface area contributed by atoms with Crippen LogP contribution in [0.5, 0.6) is 0 Å². The molecule has 0 atom stereocenters. The summed E-state index contributed by atoms with van der Waals surface area (Å²) in [4.78, 5) is 32.6. The molecule has 3 aromatic carbocycles. The predicted octanol–water partition coefficient (Wildman–Crippen LogP) is 7.91. The molecule has 212 valence electrons. The lowest BCUT2D eigenvalue weighted by Gasteiger charge is -2.22. The number of anilines is 2. The number of aromatic nitrogens is 1. The van der Waals surface area contributed by atoms with Crippen LogP contribution in [0.25, 0.3) is 11.6 Å². The number of thiazole rings is 1. The van der Waals surface area contributed by atoms with E-state index in [4.69, 9.17) is 0 Å². The highest BCUT2D eigenvalue weighted by Gasteiger charge is 2.21. The largest absolute Gasteiger partial charge is 0.352 e. The van der Waals surface area contributed by atoms with Crippen LogP contribution in [0.2, 0.25) is 0 Å². The van der Waals surface area contributed by atoms with Gasteiger partial charge in [0.05, 0.1) is 5.69 Å². The molecule has 1 aromatic heterocycles. The number of thiol groups is 1. The molecule has 0 fully saturated rings. The van der Waals surface area contributed by atoms with Crippen LogP contribution in [0.4, 0.5) is 15.2 Å². The third kappa shape index (κ3) is 8.38. The second-order valence-corrected chi connectivity index (χ2v) is 11.1. The molecule has 4 rings (SSSR count). The Bertz CT molecular complexity index is 1480. The minimum Gasteiger partial charge on any atom is -0.352 e. The van der Waals surface area contributed by atoms with Gasteiger partial charge in [0.2, 0.25) is 5.91 Å². The van der Waals surface area contributed by atoms with Gasteiger partial charge in [-0.25, -0.2) is 9.37 Å². The number of halogens is 1. The summed E-state index contributed by atoms with van der Waals surface area (Å²) >= 11 is 5.74. The number of rotatable bonds is 12. The van der Waals surface area contributed by atoms with Crippen LogP contribution in [0.3, 0.4) is 0 Å². The van der Waals surface area contributed by atoms with Crippen molar-refractivity contribution in [2.45, 2.75) is 45.3 Å². The molecule has 8 heteroatoms. The topological polar surface area (TPSA) is 62.3 Å². The summed E-state index contributed by atoms with van der Waals surface area (Å²) in [5, 5.41) is 5.52. The lowest BCUT2D eigenvalue weighted by atomic mass is 10.0. The Hall–Kier alpha value is -3.75. The number of nitrogens with zero attached hydrogens (tertiary/aromatic N) is 2. The van der Waals surface area contributed by atoms with Crippen LogP contribution in [-0.4, -0.2) is 23.3 Å². The molecule has 41 heavy (non-hydrogen) atoms. The van der Waals surface area contributed by atoms with Crippen molar-refractivity contribution in [1.29, 1.82) is 0 Å². The van der Waals surface area contributed by atoms with Crippen molar-refractivity contribution in [3.63, 3.8) is 0 Å². The molecule has 0 saturated carbocycles. The Balaban J connectivity index is 1.33. The first-order valence-electron chi connectivity index (χ1n) is 13.6. The highest BCUT2D eigenvalue weighted by Crippen LogP contribution is 2.31. The van der Waals surface area contributed by atoms with Crippen molar-refractivity contribution < 1.29 is 14.0 Å². The van der Waals surface area contributed by atoms with Crippen molar-refractivity contribution in [3.05, 3.63) is 112 Å². The Morgan fingerprint density at radius 1 is 1.00 bits per heavy atom. The zero-order valence-electron chi connectivity index (χ0n) is 23.3. The molecule has 0 saturated heterocycles. The smallest absolute Gasteiger partial charge is 0.251 e. The first-order valence-corrected chi connectivity index (χ1v) is 15.1. The van der Waals surface area contributed by atoms with Crippen LogP contribution in [0, 0.1) is 19.7 Å². The third-order valence-electron chi connectivity index (χ3n) is 6.68. The van der Waals surface area contributed by atoms with Gasteiger partial charge in [-0.05, 0) is 73.2 Å². The summed E-state index contributed by atoms with van der Waals surface area (Å²) in [6.07, 6.45) is 6.10. The Morgan fingerprint density at radius 2 is 1.76 bits per heavy atom. The molecular formula is C33H34FN3O2S2. The van der Waals surface area contributed by atoms with E-state index in [-0.39, 0.29) is 17.6 Å². The van der Waals surface area contributed by atoms with E-state index in [0.29, 0.717) is 41.4 Å². The number of aryl methyl sites for hydroxylation is 2. The maximum Gasteiger partial charge on any atom is 0.251 e. The van der Waals surface area contributed by atoms with E-state index in [2.05, 4.69) is 29.0 Å². The van der Waals surface area contributed by atoms with Crippen LogP contribution < -0.4 is 10.2 Å². The maximum absolute atomic E-state index is 13.5. The zero-order valence-corrected chi connectivity index (χ0v) is 25.0. The molecule has 0 unspecified atom stereocenters. The Kier molecular flexibility index (Phi) is 10.9. The van der Waals surface area contributed by atoms with Gasteiger partial charge >= 0.3 is 0 Å². The van der Waals surface area contributed by atoms with Crippen molar-refractivity contribution in [2.75, 3.05) is 11.4 Å². The molecular weight excluding hydrogens is 554 g/mol. The molecule has 0 spiro atoms. The van der Waals surface area contributed by atoms with Gasteiger partial charge in [0.25, 0.3) is 5.91 Å². The minimum atomic E-state index is -0.354. The van der Waals surface area contributed by atoms with E-state index in [1.54, 1.807) is 23.2 Å². The average molecular weight is 588 g/mol. The van der Waals surface area contributed by atoms with Crippen molar-refractivity contribution >= 4 is 58.2 Å². The maximum atomic E-state index is 13.5. The molecule has 1 heterocycles. The quantitative estimate of drug-likeness (QED) is 0.0766. The molecule has 2 amide bonds. The molecule has 0 bridgehead atoms. The second-order valence-electron chi connectivity index (χ2n) is 9.86. The van der Waals surface area contributed by atoms with Crippen LogP contribution in [-0.2, 0) is 15.3 Å². The monoisotopic (exact) mass is 587 g/mol. The number of hydrogen-bond donors (Lipinski definition) is 2. The molecule has 5 nitrogen and oxygen atoms in total. The summed E-state index contributed by atoms with van der Waals surface area (Å²) in [5.74, 6) is 0.0550. The normalized spacial score (nSPS) is 11.4. The van der Waals surface area contributed by atoms with Gasteiger partial charge in [-0.15, -0.1) is 11.3 Å². The standard InChI is InChI=1S/C33H34FN3O2S2/c1-23-7-16-30(24(2)20-23)37(33-36-18-19-41-33)31(38)6-4-3-5-17-35-32(39)29(27-12-14-28(34)15-13-27)21-25-8-10-26(22-40)11-9-25/h7-16,18-21,40H,3-6,17,22H2,1-2H3,(H,35,39). The molecule has 1 N–H and O–H groups in total. The molecule has 0 aliphatic rings. The molecule has 0 radical (unpaired) electrons. The summed E-state index contributed by atoms with van der Waals surface area (Å²) in [5.41, 5.74) is 6.08. The van der Waals surface area contributed by atoms with Gasteiger partial charge in [0, 0.05) is 35.9 Å². The average Bonchev–Trinajstić information content (AvgIpc) is 3.50. The lowest BCUT2D eigenvalue weighted by Crippen LogP contribution is -2.27. The third-order valence-corrected chi connectivity index (χ3v) is 7.80. The number of carbonyl (C=O) groups excluding carboxylic acids is 2. The van der Waals surface area contributed by atoms with Crippen molar-refractivity contribution in [3.8, 4) is 0 Å². The predicted molar refractivity (Wildman–Crippen MR) is 170 cm³/mol. The van der Waals surface area contributed by atoms with E-state index in [9.17, 15) is 14.0 Å². The number of carbonyl (C=O) groups is 2. The van der Waals surface area contributed by atoms with E-state index in [1.165, 1.54) is 23.5 Å². The number of nitrogens with one attached hydrogen (secondary N) is 1. The van der Waals surface area contributed by atoms with E-state index in [1.807, 2.05) is 61.7 Å². The van der Waals surface area contributed by atoms with Gasteiger partial charge in [-0.2, -0.15) is 12.6 Å². The minimum absolute atomic E-state index is 0.00130. The Morgan fingerprint density at radius 3 is 2.41 bits per heavy atom. The van der Waals surface area contributed by atoms with Gasteiger partial charge in [0.15, 0.2) is 5.13 Å². The van der Waals surface area contributed by atoms with Crippen LogP contribution >= 0.6 is 24.0 Å². The second kappa shape index (κ2) is 14.8. The van der Waals surface area contributed by atoms with Gasteiger partial charge in [0.1, 0.15) is 5.82 Å². The van der Waals surface area contributed by atoms with Crippen LogP contribution in [0.1, 0.15) is 53.5 Å². The summed E-state index contributed by atoms with van der Waals surface area (Å²) in [7, 11) is 0. The zero-order chi connectivity index (χ0) is 29.2. The molecule has 4 aromatic rings. The van der Waals surface area contributed by atoms with E-state index in [0.717, 1.165) is 40.8 Å². The summed E-state index contributed by atoms with van der Waals surface area (Å²) in [6, 6.07) is 19.8. The summed E-state index contributed by atoms with van der Waals surface area (Å²) in [6.45, 7) is 4.51. The first kappa shape index (κ1) is 30.2. The fourth-order valence-corrected chi connectivity index (χ4v) is 5.39. The van der Waals surface area contributed by atoms with E-state index >= 15 is 0 Å². The summed E-state index contributed by atoms with van der Waals surface area (Å²) < 4.78 is 13.5. The highest BCUT2D eigenvalue weighted by atomic mass is 32.1. The van der Waals surface area contributed by atoms with Crippen LogP contribution in [0.15, 0.2) is 78.3 Å². The molecule has 0 aliphatic heterocycles.